The van der Waals surface area contributed by atoms with Crippen LogP contribution < -0.4 is 26.6 Å². The zero-order valence-electron chi connectivity index (χ0n) is 14.9. The molecule has 0 aromatic heterocycles. The minimum atomic E-state index is -1.22. The zero-order chi connectivity index (χ0) is 18.5. The molecule has 0 bridgehead atoms. The SMILES string of the molecule is C1CNCCN1.C1CNCCN1.CN[C@H]1C(O)O[C@H](CO)[C@@H](O)[C@@H]1O. The summed E-state index contributed by atoms with van der Waals surface area (Å²) in [5.74, 6) is 0. The minimum Gasteiger partial charge on any atom is -0.394 e. The van der Waals surface area contributed by atoms with E-state index in [2.05, 4.69) is 26.6 Å². The van der Waals surface area contributed by atoms with Gasteiger partial charge in [0.05, 0.1) is 12.6 Å². The van der Waals surface area contributed by atoms with Gasteiger partial charge in [0.1, 0.15) is 18.3 Å². The third-order valence-corrected chi connectivity index (χ3v) is 4.15. The van der Waals surface area contributed by atoms with Crippen LogP contribution in [-0.4, -0.2) is 117 Å². The molecular weight excluding hydrogens is 330 g/mol. The van der Waals surface area contributed by atoms with Crippen LogP contribution in [0.15, 0.2) is 0 Å². The maximum Gasteiger partial charge on any atom is 0.173 e. The normalized spacial score (nSPS) is 35.6. The highest BCUT2D eigenvalue weighted by atomic mass is 16.6. The van der Waals surface area contributed by atoms with Crippen molar-refractivity contribution in [2.75, 3.05) is 66.0 Å². The summed E-state index contributed by atoms with van der Waals surface area (Å²) in [6.45, 7) is 8.67. The molecule has 0 aromatic carbocycles. The van der Waals surface area contributed by atoms with Crippen LogP contribution in [0.25, 0.3) is 0 Å². The highest BCUT2D eigenvalue weighted by molar-refractivity contribution is 4.91. The van der Waals surface area contributed by atoms with Crippen LogP contribution >= 0.6 is 0 Å². The second-order valence-electron chi connectivity index (χ2n) is 6.04. The average molecular weight is 365 g/mol. The van der Waals surface area contributed by atoms with Gasteiger partial charge in [-0.15, -0.1) is 0 Å². The van der Waals surface area contributed by atoms with E-state index in [9.17, 15) is 15.3 Å². The molecule has 3 aliphatic rings. The van der Waals surface area contributed by atoms with E-state index >= 15 is 0 Å². The van der Waals surface area contributed by atoms with Crippen molar-refractivity contribution >= 4 is 0 Å². The Balaban J connectivity index is 0.000000214. The molecule has 25 heavy (non-hydrogen) atoms. The molecule has 3 saturated heterocycles. The molecule has 150 valence electrons. The molecule has 5 atom stereocenters. The molecule has 9 N–H and O–H groups in total. The van der Waals surface area contributed by atoms with Crippen molar-refractivity contribution in [2.45, 2.75) is 30.6 Å². The maximum absolute atomic E-state index is 9.45. The molecule has 0 aromatic rings. The van der Waals surface area contributed by atoms with E-state index in [1.165, 1.54) is 7.05 Å². The van der Waals surface area contributed by atoms with E-state index in [0.29, 0.717) is 0 Å². The standard InChI is InChI=1S/C7H15NO5.2C4H10N2/c1-8-4-6(11)5(10)3(2-9)13-7(4)12;2*1-2-6-4-3-5-1/h3-12H,2H2,1H3;2*5-6H,1-4H2/t3-,4-,5-,6-,7?;;/m1../s1. The quantitative estimate of drug-likeness (QED) is 0.234. The summed E-state index contributed by atoms with van der Waals surface area (Å²) in [6.07, 6.45) is -4.49. The molecule has 0 amide bonds. The summed E-state index contributed by atoms with van der Waals surface area (Å²) in [5, 5.41) is 52.3. The number of ether oxygens (including phenoxy) is 1. The Labute approximate surface area is 149 Å². The highest BCUT2D eigenvalue weighted by Gasteiger charge is 2.42. The van der Waals surface area contributed by atoms with Crippen molar-refractivity contribution in [3.8, 4) is 0 Å². The molecule has 0 radical (unpaired) electrons. The number of piperazine rings is 2. The van der Waals surface area contributed by atoms with Crippen molar-refractivity contribution < 1.29 is 25.2 Å². The average Bonchev–Trinajstić information content (AvgIpc) is 2.69. The molecule has 0 saturated carbocycles. The first-order chi connectivity index (χ1) is 12.1. The van der Waals surface area contributed by atoms with Crippen LogP contribution in [0.1, 0.15) is 0 Å². The van der Waals surface area contributed by atoms with Gasteiger partial charge in [-0.25, -0.2) is 0 Å². The lowest BCUT2D eigenvalue weighted by atomic mass is 9.97. The number of likely N-dealkylation sites (N-methyl/N-ethyl adjacent to an activating group) is 1. The van der Waals surface area contributed by atoms with E-state index in [1.807, 2.05) is 0 Å². The lowest BCUT2D eigenvalue weighted by Crippen LogP contribution is -2.62. The van der Waals surface area contributed by atoms with Gasteiger partial charge < -0.3 is 51.7 Å². The first-order valence-corrected chi connectivity index (χ1v) is 8.92. The molecule has 3 aliphatic heterocycles. The third kappa shape index (κ3) is 8.69. The second kappa shape index (κ2) is 13.8. The molecule has 10 heteroatoms. The van der Waals surface area contributed by atoms with Crippen LogP contribution in [0.3, 0.4) is 0 Å². The van der Waals surface area contributed by atoms with Gasteiger partial charge in [0.15, 0.2) is 6.29 Å². The van der Waals surface area contributed by atoms with E-state index < -0.39 is 37.3 Å². The Morgan fingerprint density at radius 2 is 1.20 bits per heavy atom. The Hall–Kier alpha value is -0.400. The van der Waals surface area contributed by atoms with Crippen LogP contribution in [-0.2, 0) is 4.74 Å². The van der Waals surface area contributed by atoms with Gasteiger partial charge >= 0.3 is 0 Å². The Morgan fingerprint density at radius 1 is 0.800 bits per heavy atom. The first kappa shape index (κ1) is 22.6. The maximum atomic E-state index is 9.45. The zero-order valence-corrected chi connectivity index (χ0v) is 14.9. The van der Waals surface area contributed by atoms with Crippen LogP contribution in [0, 0.1) is 0 Å². The number of rotatable bonds is 2. The van der Waals surface area contributed by atoms with Gasteiger partial charge in [-0.2, -0.15) is 0 Å². The van der Waals surface area contributed by atoms with Crippen molar-refractivity contribution in [1.29, 1.82) is 0 Å². The van der Waals surface area contributed by atoms with Gasteiger partial charge in [-0.3, -0.25) is 0 Å². The van der Waals surface area contributed by atoms with Gasteiger partial charge in [0.25, 0.3) is 0 Å². The second-order valence-corrected chi connectivity index (χ2v) is 6.04. The summed E-state index contributed by atoms with van der Waals surface area (Å²) < 4.78 is 4.85. The number of aliphatic hydroxyl groups excluding tert-OH is 4. The highest BCUT2D eigenvalue weighted by Crippen LogP contribution is 2.19. The predicted octanol–water partition coefficient (Wildman–Crippen LogP) is -4.64. The van der Waals surface area contributed by atoms with Crippen LogP contribution in [0.2, 0.25) is 0 Å². The summed E-state index contributed by atoms with van der Waals surface area (Å²) in [4.78, 5) is 0. The molecular formula is C15H35N5O5. The molecule has 0 aliphatic carbocycles. The smallest absolute Gasteiger partial charge is 0.173 e. The summed E-state index contributed by atoms with van der Waals surface area (Å²) in [7, 11) is 1.53. The van der Waals surface area contributed by atoms with Crippen molar-refractivity contribution in [2.24, 2.45) is 0 Å². The Bertz CT molecular complexity index is 286. The largest absolute Gasteiger partial charge is 0.394 e. The Kier molecular flexibility index (Phi) is 12.5. The number of hydrogen-bond donors (Lipinski definition) is 9. The minimum absolute atomic E-state index is 0.439. The van der Waals surface area contributed by atoms with Gasteiger partial charge in [-0.1, -0.05) is 0 Å². The van der Waals surface area contributed by atoms with E-state index in [-0.39, 0.29) is 0 Å². The van der Waals surface area contributed by atoms with Gasteiger partial charge in [-0.05, 0) is 7.05 Å². The summed E-state index contributed by atoms with van der Waals surface area (Å²) >= 11 is 0. The summed E-state index contributed by atoms with van der Waals surface area (Å²) in [5.41, 5.74) is 0. The van der Waals surface area contributed by atoms with E-state index in [1.54, 1.807) is 0 Å². The van der Waals surface area contributed by atoms with Crippen LogP contribution in [0.5, 0.6) is 0 Å². The molecule has 10 nitrogen and oxygen atoms in total. The monoisotopic (exact) mass is 365 g/mol. The fourth-order valence-corrected chi connectivity index (χ4v) is 2.62. The number of hydrogen-bond acceptors (Lipinski definition) is 10. The molecule has 3 heterocycles. The predicted molar refractivity (Wildman–Crippen MR) is 94.3 cm³/mol. The summed E-state index contributed by atoms with van der Waals surface area (Å²) in [6, 6.07) is -0.738. The molecule has 1 unspecified atom stereocenters. The Morgan fingerprint density at radius 3 is 1.48 bits per heavy atom. The van der Waals surface area contributed by atoms with E-state index in [4.69, 9.17) is 9.84 Å². The molecule has 0 spiro atoms. The van der Waals surface area contributed by atoms with Crippen molar-refractivity contribution in [1.82, 2.24) is 26.6 Å². The number of nitrogens with one attached hydrogen (secondary N) is 5. The molecule has 3 rings (SSSR count). The van der Waals surface area contributed by atoms with Crippen molar-refractivity contribution in [3.63, 3.8) is 0 Å². The van der Waals surface area contributed by atoms with E-state index in [0.717, 1.165) is 52.4 Å². The van der Waals surface area contributed by atoms with Gasteiger partial charge in [0.2, 0.25) is 0 Å². The molecule has 3 fully saturated rings. The van der Waals surface area contributed by atoms with Crippen molar-refractivity contribution in [3.05, 3.63) is 0 Å². The van der Waals surface area contributed by atoms with Crippen LogP contribution in [0.4, 0.5) is 0 Å². The lowest BCUT2D eigenvalue weighted by Gasteiger charge is -2.39. The fraction of sp³-hybridized carbons (Fsp3) is 1.00. The third-order valence-electron chi connectivity index (χ3n) is 4.15. The first-order valence-electron chi connectivity index (χ1n) is 8.92. The fourth-order valence-electron chi connectivity index (χ4n) is 2.62. The number of aliphatic hydroxyl groups is 4. The topological polar surface area (TPSA) is 150 Å². The lowest BCUT2D eigenvalue weighted by molar-refractivity contribution is -0.253. The van der Waals surface area contributed by atoms with Gasteiger partial charge in [0, 0.05) is 52.4 Å².